The predicted octanol–water partition coefficient (Wildman–Crippen LogP) is 3.33. The molecule has 2 atom stereocenters. The second-order valence-corrected chi connectivity index (χ2v) is 8.45. The van der Waals surface area contributed by atoms with Gasteiger partial charge in [-0.3, -0.25) is 4.79 Å². The average Bonchev–Trinajstić information content (AvgIpc) is 3.25. The minimum atomic E-state index is -2.98. The van der Waals surface area contributed by atoms with Crippen LogP contribution < -0.4 is 10.1 Å². The molecule has 2 bridgehead atoms. The second-order valence-electron chi connectivity index (χ2n) is 8.45. The van der Waals surface area contributed by atoms with Gasteiger partial charge in [-0.1, -0.05) is 17.9 Å². The Morgan fingerprint density at radius 1 is 1.22 bits per heavy atom. The third kappa shape index (κ3) is 2.81. The highest BCUT2D eigenvalue weighted by Gasteiger charge is 2.45. The van der Waals surface area contributed by atoms with E-state index in [1.165, 1.54) is 6.07 Å². The molecule has 162 valence electrons. The van der Waals surface area contributed by atoms with E-state index >= 15 is 0 Å². The normalized spacial score (nSPS) is 21.6. The van der Waals surface area contributed by atoms with Crippen LogP contribution in [0.3, 0.4) is 0 Å². The number of carbonyl (C=O) groups is 1. The molecule has 6 rings (SSSR count). The first-order valence-corrected chi connectivity index (χ1v) is 10.6. The van der Waals surface area contributed by atoms with Gasteiger partial charge >= 0.3 is 6.61 Å². The third-order valence-corrected chi connectivity index (χ3v) is 6.61. The van der Waals surface area contributed by atoms with Gasteiger partial charge in [0.25, 0.3) is 5.91 Å². The van der Waals surface area contributed by atoms with Gasteiger partial charge in [-0.15, -0.1) is 0 Å². The topological polar surface area (TPSA) is 59.4 Å². The smallest absolute Gasteiger partial charge is 0.387 e. The SMILES string of the molecule is CN1C(=O)c2cccc(OC(F)F)c2C2CC1c1nc3ccc(C#CC4CNC4)cc3n12. The van der Waals surface area contributed by atoms with Gasteiger partial charge in [0, 0.05) is 49.2 Å². The molecule has 1 fully saturated rings. The van der Waals surface area contributed by atoms with Crippen LogP contribution >= 0.6 is 0 Å². The number of amides is 1. The molecule has 4 heterocycles. The number of halogens is 2. The summed E-state index contributed by atoms with van der Waals surface area (Å²) in [5.41, 5.74) is 3.43. The van der Waals surface area contributed by atoms with Crippen LogP contribution in [0, 0.1) is 17.8 Å². The van der Waals surface area contributed by atoms with E-state index in [-0.39, 0.29) is 23.7 Å². The zero-order valence-corrected chi connectivity index (χ0v) is 17.3. The van der Waals surface area contributed by atoms with Gasteiger partial charge in [0.2, 0.25) is 0 Å². The number of fused-ring (bicyclic) bond motifs is 9. The van der Waals surface area contributed by atoms with Crippen molar-refractivity contribution in [1.82, 2.24) is 19.8 Å². The number of hydrogen-bond donors (Lipinski definition) is 1. The Balaban J connectivity index is 1.54. The number of imidazole rings is 1. The fourth-order valence-electron chi connectivity index (χ4n) is 4.93. The first kappa shape index (κ1) is 19.3. The molecule has 2 aromatic carbocycles. The van der Waals surface area contributed by atoms with Crippen molar-refractivity contribution in [3.05, 3.63) is 58.9 Å². The van der Waals surface area contributed by atoms with Crippen LogP contribution in [-0.4, -0.2) is 47.1 Å². The van der Waals surface area contributed by atoms with Gasteiger partial charge in [-0.25, -0.2) is 4.98 Å². The van der Waals surface area contributed by atoms with E-state index in [0.29, 0.717) is 23.5 Å². The molecule has 0 radical (unpaired) electrons. The molecule has 0 aliphatic carbocycles. The number of alkyl halides is 2. The molecule has 6 nitrogen and oxygen atoms in total. The molecule has 0 spiro atoms. The second kappa shape index (κ2) is 7.04. The largest absolute Gasteiger partial charge is 0.434 e. The van der Waals surface area contributed by atoms with Crippen LogP contribution in [-0.2, 0) is 0 Å². The Morgan fingerprint density at radius 3 is 2.81 bits per heavy atom. The molecular weight excluding hydrogens is 414 g/mol. The van der Waals surface area contributed by atoms with Crippen molar-refractivity contribution < 1.29 is 18.3 Å². The van der Waals surface area contributed by atoms with Crippen LogP contribution in [0.5, 0.6) is 5.75 Å². The van der Waals surface area contributed by atoms with Crippen molar-refractivity contribution in [2.24, 2.45) is 5.92 Å². The molecule has 1 amide bonds. The molecule has 8 heteroatoms. The zero-order chi connectivity index (χ0) is 22.0. The summed E-state index contributed by atoms with van der Waals surface area (Å²) in [6, 6.07) is 10.0. The fourth-order valence-corrected chi connectivity index (χ4v) is 4.93. The Kier molecular flexibility index (Phi) is 4.24. The van der Waals surface area contributed by atoms with Gasteiger partial charge in [0.15, 0.2) is 0 Å². The van der Waals surface area contributed by atoms with Crippen LogP contribution in [0.15, 0.2) is 36.4 Å². The van der Waals surface area contributed by atoms with Crippen molar-refractivity contribution in [2.45, 2.75) is 25.1 Å². The molecule has 1 aromatic heterocycles. The molecule has 3 aliphatic heterocycles. The minimum Gasteiger partial charge on any atom is -0.434 e. The number of carbonyl (C=O) groups excluding carboxylic acids is 1. The number of aromatic nitrogens is 2. The van der Waals surface area contributed by atoms with E-state index in [4.69, 9.17) is 9.72 Å². The van der Waals surface area contributed by atoms with Crippen molar-refractivity contribution in [2.75, 3.05) is 20.1 Å². The molecular formula is C24H20F2N4O2. The number of rotatable bonds is 2. The monoisotopic (exact) mass is 434 g/mol. The summed E-state index contributed by atoms with van der Waals surface area (Å²) in [5.74, 6) is 7.46. The highest BCUT2D eigenvalue weighted by atomic mass is 19.3. The summed E-state index contributed by atoms with van der Waals surface area (Å²) in [7, 11) is 1.73. The highest BCUT2D eigenvalue weighted by molar-refractivity contribution is 5.97. The first-order valence-electron chi connectivity index (χ1n) is 10.6. The Morgan fingerprint density at radius 2 is 2.06 bits per heavy atom. The predicted molar refractivity (Wildman–Crippen MR) is 114 cm³/mol. The summed E-state index contributed by atoms with van der Waals surface area (Å²) >= 11 is 0. The Hall–Kier alpha value is -3.44. The van der Waals surface area contributed by atoms with Gasteiger partial charge in [-0.05, 0) is 30.3 Å². The maximum atomic E-state index is 13.2. The van der Waals surface area contributed by atoms with Crippen molar-refractivity contribution in [3.8, 4) is 17.6 Å². The van der Waals surface area contributed by atoms with Crippen LogP contribution in [0.1, 0.15) is 45.8 Å². The number of benzene rings is 2. The van der Waals surface area contributed by atoms with E-state index in [1.54, 1.807) is 24.1 Å². The number of hydrogen-bond acceptors (Lipinski definition) is 4. The van der Waals surface area contributed by atoms with Crippen LogP contribution in [0.25, 0.3) is 11.0 Å². The lowest BCUT2D eigenvalue weighted by Crippen LogP contribution is -2.40. The zero-order valence-electron chi connectivity index (χ0n) is 17.3. The van der Waals surface area contributed by atoms with Gasteiger partial charge in [0.1, 0.15) is 11.6 Å². The van der Waals surface area contributed by atoms with Crippen molar-refractivity contribution in [1.29, 1.82) is 0 Å². The standard InChI is InChI=1S/C24H20F2N4O2/c1-29-19-10-18(21-15(23(29)31)3-2-4-20(21)32-24(25)26)30-17-9-13(5-6-14-11-27-12-14)7-8-16(17)28-22(19)30/h2-4,7-9,14,18-19,24,27H,10-12H2,1H3. The van der Waals surface area contributed by atoms with Crippen LogP contribution in [0.2, 0.25) is 0 Å². The van der Waals surface area contributed by atoms with Gasteiger partial charge in [0.05, 0.1) is 23.1 Å². The van der Waals surface area contributed by atoms with Crippen LogP contribution in [0.4, 0.5) is 8.78 Å². The quantitative estimate of drug-likeness (QED) is 0.629. The molecule has 2 unspecified atom stereocenters. The third-order valence-electron chi connectivity index (χ3n) is 6.61. The van der Waals surface area contributed by atoms with Crippen molar-refractivity contribution >= 4 is 16.9 Å². The van der Waals surface area contributed by atoms with Gasteiger partial charge in [-0.2, -0.15) is 8.78 Å². The van der Waals surface area contributed by atoms with E-state index < -0.39 is 6.61 Å². The molecule has 3 aliphatic rings. The summed E-state index contributed by atoms with van der Waals surface area (Å²) in [5, 5.41) is 3.21. The average molecular weight is 434 g/mol. The lowest BCUT2D eigenvalue weighted by atomic mass is 9.97. The summed E-state index contributed by atoms with van der Waals surface area (Å²) in [6.07, 6.45) is 0.556. The maximum absolute atomic E-state index is 13.2. The first-order chi connectivity index (χ1) is 15.5. The number of nitrogens with one attached hydrogen (secondary N) is 1. The maximum Gasteiger partial charge on any atom is 0.387 e. The molecule has 1 saturated heterocycles. The van der Waals surface area contributed by atoms with Crippen molar-refractivity contribution in [3.63, 3.8) is 0 Å². The number of nitrogens with zero attached hydrogens (tertiary/aromatic N) is 3. The van der Waals surface area contributed by atoms with E-state index in [2.05, 4.69) is 21.7 Å². The lowest BCUT2D eigenvalue weighted by molar-refractivity contribution is -0.0507. The fraction of sp³-hybridized carbons (Fsp3) is 0.333. The minimum absolute atomic E-state index is 0.0352. The molecule has 1 N–H and O–H groups in total. The lowest BCUT2D eigenvalue weighted by Gasteiger charge is -2.24. The number of ether oxygens (including phenoxy) is 1. The Bertz CT molecular complexity index is 1320. The Labute approximate surface area is 183 Å². The summed E-state index contributed by atoms with van der Waals surface area (Å²) in [6.45, 7) is -1.16. The summed E-state index contributed by atoms with van der Waals surface area (Å²) < 4.78 is 33.3. The molecule has 32 heavy (non-hydrogen) atoms. The summed E-state index contributed by atoms with van der Waals surface area (Å²) in [4.78, 5) is 19.6. The van der Waals surface area contributed by atoms with E-state index in [1.807, 2.05) is 18.2 Å². The highest BCUT2D eigenvalue weighted by Crippen LogP contribution is 2.49. The van der Waals surface area contributed by atoms with Gasteiger partial charge < -0.3 is 19.5 Å². The molecule has 0 saturated carbocycles. The van der Waals surface area contributed by atoms with E-state index in [0.717, 1.165) is 35.5 Å². The van der Waals surface area contributed by atoms with E-state index in [9.17, 15) is 13.6 Å². The molecule has 3 aromatic rings.